The summed E-state index contributed by atoms with van der Waals surface area (Å²) in [7, 11) is 1.65. The molecule has 5 rings (SSSR count). The summed E-state index contributed by atoms with van der Waals surface area (Å²) in [4.78, 5) is 27.4. The minimum absolute atomic E-state index is 0.103. The Morgan fingerprint density at radius 2 is 1.97 bits per heavy atom. The van der Waals surface area contributed by atoms with Crippen LogP contribution in [0, 0.1) is 0 Å². The molecule has 2 fully saturated rings. The first-order chi connectivity index (χ1) is 15.4. The number of hydrogen-bond donors (Lipinski definition) is 2. The molecule has 2 N–H and O–H groups in total. The van der Waals surface area contributed by atoms with Gasteiger partial charge in [0.05, 0.1) is 29.2 Å². The molecule has 0 unspecified atom stereocenters. The summed E-state index contributed by atoms with van der Waals surface area (Å²) in [6.07, 6.45) is 2.95. The van der Waals surface area contributed by atoms with E-state index in [2.05, 4.69) is 25.4 Å². The zero-order chi connectivity index (χ0) is 22.3. The van der Waals surface area contributed by atoms with E-state index in [1.807, 2.05) is 19.1 Å². The highest BCUT2D eigenvalue weighted by Gasteiger charge is 2.48. The second-order valence-electron chi connectivity index (χ2n) is 8.20. The van der Waals surface area contributed by atoms with Crippen molar-refractivity contribution in [1.82, 2.24) is 25.0 Å². The van der Waals surface area contributed by atoms with Crippen molar-refractivity contribution in [2.45, 2.75) is 37.5 Å². The van der Waals surface area contributed by atoms with E-state index in [1.165, 1.54) is 4.90 Å². The van der Waals surface area contributed by atoms with Crippen LogP contribution in [0.1, 0.15) is 25.5 Å². The van der Waals surface area contributed by atoms with Crippen molar-refractivity contribution in [3.63, 3.8) is 0 Å². The van der Waals surface area contributed by atoms with E-state index in [0.717, 1.165) is 13.0 Å². The van der Waals surface area contributed by atoms with E-state index in [0.29, 0.717) is 35.3 Å². The predicted molar refractivity (Wildman–Crippen MR) is 114 cm³/mol. The number of ether oxygens (including phenoxy) is 1. The first kappa shape index (κ1) is 20.5. The maximum absolute atomic E-state index is 12.3. The van der Waals surface area contributed by atoms with Crippen LogP contribution in [-0.2, 0) is 15.1 Å². The molecule has 3 atom stereocenters. The molecule has 2 aliphatic heterocycles. The lowest BCUT2D eigenvalue weighted by molar-refractivity contribution is -0.144. The fraction of sp³-hybridized carbons (Fsp3) is 0.409. The van der Waals surface area contributed by atoms with Gasteiger partial charge in [0, 0.05) is 38.9 Å². The van der Waals surface area contributed by atoms with Gasteiger partial charge in [-0.05, 0) is 31.5 Å². The van der Waals surface area contributed by atoms with Gasteiger partial charge in [0.2, 0.25) is 11.5 Å². The molecule has 1 amide bonds. The number of amides is 1. The molecule has 0 aromatic carbocycles. The van der Waals surface area contributed by atoms with E-state index in [9.17, 15) is 9.90 Å². The molecule has 0 saturated carbocycles. The average molecular weight is 436 g/mol. The molecule has 166 valence electrons. The van der Waals surface area contributed by atoms with Gasteiger partial charge in [0.25, 0.3) is 5.91 Å². The molecule has 3 aromatic rings. The number of pyridine rings is 1. The predicted octanol–water partition coefficient (Wildman–Crippen LogP) is 1.83. The summed E-state index contributed by atoms with van der Waals surface area (Å²) in [5.74, 6) is 0.243. The van der Waals surface area contributed by atoms with Crippen molar-refractivity contribution in [3.8, 4) is 22.8 Å². The number of likely N-dealkylation sites (tertiary alicyclic amines) is 1. The minimum atomic E-state index is -1.69. The molecule has 3 aromatic heterocycles. The normalized spacial score (nSPS) is 25.5. The quantitative estimate of drug-likeness (QED) is 0.616. The third-order valence-electron chi connectivity index (χ3n) is 6.05. The van der Waals surface area contributed by atoms with Crippen LogP contribution in [0.15, 0.2) is 41.1 Å². The van der Waals surface area contributed by atoms with E-state index >= 15 is 0 Å². The zero-order valence-corrected chi connectivity index (χ0v) is 17.9. The van der Waals surface area contributed by atoms with Crippen LogP contribution in [0.25, 0.3) is 22.8 Å². The topological polar surface area (TPSA) is 126 Å². The Kier molecular flexibility index (Phi) is 5.10. The number of rotatable bonds is 5. The first-order valence-corrected chi connectivity index (χ1v) is 10.6. The molecule has 2 saturated heterocycles. The molecule has 32 heavy (non-hydrogen) atoms. The summed E-state index contributed by atoms with van der Waals surface area (Å²) in [6, 6.07) is 9.00. The van der Waals surface area contributed by atoms with Crippen molar-refractivity contribution >= 4 is 11.9 Å². The van der Waals surface area contributed by atoms with Gasteiger partial charge < -0.3 is 24.6 Å². The van der Waals surface area contributed by atoms with Crippen LogP contribution in [0.2, 0.25) is 0 Å². The Morgan fingerprint density at radius 1 is 1.19 bits per heavy atom. The maximum Gasteiger partial charge on any atom is 0.262 e. The molecular weight excluding hydrogens is 412 g/mol. The smallest absolute Gasteiger partial charge is 0.262 e. The average Bonchev–Trinajstić information content (AvgIpc) is 3.52. The lowest BCUT2D eigenvalue weighted by atomic mass is 9.98. The Balaban J connectivity index is 1.40. The van der Waals surface area contributed by atoms with E-state index in [4.69, 9.17) is 9.26 Å². The number of carbonyl (C=O) groups is 1. The maximum atomic E-state index is 12.3. The molecular formula is C22H24N6O4. The molecule has 5 heterocycles. The van der Waals surface area contributed by atoms with Gasteiger partial charge in [-0.15, -0.1) is 0 Å². The molecule has 0 bridgehead atoms. The number of hydrogen-bond acceptors (Lipinski definition) is 9. The number of aromatic nitrogens is 4. The van der Waals surface area contributed by atoms with E-state index in [-0.39, 0.29) is 24.3 Å². The van der Waals surface area contributed by atoms with Gasteiger partial charge in [-0.25, -0.2) is 15.0 Å². The van der Waals surface area contributed by atoms with Crippen LogP contribution >= 0.6 is 0 Å². The SMILES string of the molecule is C[C@H]1OCC[C@@H]1Nc1nccc(-c2cccc(-c3cc([C@]4(O)CCN(C)C4=O)on3)n2)n1. The highest BCUT2D eigenvalue weighted by Crippen LogP contribution is 2.34. The highest BCUT2D eigenvalue weighted by molar-refractivity contribution is 5.87. The second kappa shape index (κ2) is 7.95. The van der Waals surface area contributed by atoms with Crippen LogP contribution in [-0.4, -0.2) is 68.4 Å². The van der Waals surface area contributed by atoms with Crippen molar-refractivity contribution in [1.29, 1.82) is 0 Å². The summed E-state index contributed by atoms with van der Waals surface area (Å²) in [5.41, 5.74) is 0.591. The van der Waals surface area contributed by atoms with Crippen LogP contribution in [0.5, 0.6) is 0 Å². The van der Waals surface area contributed by atoms with Crippen LogP contribution < -0.4 is 5.32 Å². The highest BCUT2D eigenvalue weighted by atomic mass is 16.5. The summed E-state index contributed by atoms with van der Waals surface area (Å²) in [6.45, 7) is 3.20. The molecule has 10 nitrogen and oxygen atoms in total. The fourth-order valence-electron chi connectivity index (χ4n) is 4.05. The van der Waals surface area contributed by atoms with Crippen molar-refractivity contribution < 1.29 is 19.2 Å². The number of carbonyl (C=O) groups excluding carboxylic acids is 1. The van der Waals surface area contributed by atoms with Gasteiger partial charge in [-0.3, -0.25) is 4.79 Å². The number of anilines is 1. The van der Waals surface area contributed by atoms with Crippen molar-refractivity contribution in [2.24, 2.45) is 0 Å². The monoisotopic (exact) mass is 436 g/mol. The molecule has 10 heteroatoms. The van der Waals surface area contributed by atoms with Crippen LogP contribution in [0.4, 0.5) is 5.95 Å². The Bertz CT molecular complexity index is 1150. The Labute approximate surface area is 184 Å². The second-order valence-corrected chi connectivity index (χ2v) is 8.20. The number of nitrogens with one attached hydrogen (secondary N) is 1. The van der Waals surface area contributed by atoms with Gasteiger partial charge in [-0.1, -0.05) is 11.2 Å². The third kappa shape index (κ3) is 3.61. The first-order valence-electron chi connectivity index (χ1n) is 10.6. The van der Waals surface area contributed by atoms with Gasteiger partial charge >= 0.3 is 0 Å². The molecule has 0 spiro atoms. The largest absolute Gasteiger partial charge is 0.376 e. The molecule has 2 aliphatic rings. The minimum Gasteiger partial charge on any atom is -0.376 e. The molecule has 0 aliphatic carbocycles. The lowest BCUT2D eigenvalue weighted by Gasteiger charge is -2.16. The third-order valence-corrected chi connectivity index (χ3v) is 6.05. The zero-order valence-electron chi connectivity index (χ0n) is 17.9. The summed E-state index contributed by atoms with van der Waals surface area (Å²) in [5, 5.41) is 18.1. The lowest BCUT2D eigenvalue weighted by Crippen LogP contribution is -2.35. The number of likely N-dealkylation sites (N-methyl/N-ethyl adjacent to an activating group) is 1. The van der Waals surface area contributed by atoms with E-state index in [1.54, 1.807) is 31.4 Å². The van der Waals surface area contributed by atoms with E-state index < -0.39 is 11.5 Å². The fourth-order valence-corrected chi connectivity index (χ4v) is 4.05. The summed E-state index contributed by atoms with van der Waals surface area (Å²) < 4.78 is 10.9. The number of nitrogens with zero attached hydrogens (tertiary/aromatic N) is 5. The molecule has 0 radical (unpaired) electrons. The van der Waals surface area contributed by atoms with Crippen molar-refractivity contribution in [3.05, 3.63) is 42.3 Å². The van der Waals surface area contributed by atoms with Crippen molar-refractivity contribution in [2.75, 3.05) is 25.5 Å². The number of aliphatic hydroxyl groups is 1. The van der Waals surface area contributed by atoms with Crippen LogP contribution in [0.3, 0.4) is 0 Å². The standard InChI is InChI=1S/C22H24N6O4/c1-13-14(7-11-31-13)25-21-23-9-6-17(26-21)15-4-3-5-16(24-15)18-12-19(32-27-18)22(30)8-10-28(2)20(22)29/h3-6,9,12-14,30H,7-8,10-11H2,1-2H3,(H,23,25,26)/t13-,14+,22-/m1/s1. The van der Waals surface area contributed by atoms with Gasteiger partial charge in [0.15, 0.2) is 5.76 Å². The van der Waals surface area contributed by atoms with Gasteiger partial charge in [0.1, 0.15) is 5.69 Å². The Morgan fingerprint density at radius 3 is 2.69 bits per heavy atom. The summed E-state index contributed by atoms with van der Waals surface area (Å²) >= 11 is 0. The Hall–Kier alpha value is -3.37. The van der Waals surface area contributed by atoms with Gasteiger partial charge in [-0.2, -0.15) is 0 Å².